The Labute approximate surface area is 85.8 Å². The van der Waals surface area contributed by atoms with E-state index in [1.54, 1.807) is 0 Å². The average Bonchev–Trinajstić information content (AvgIpc) is 2.13. The van der Waals surface area contributed by atoms with Gasteiger partial charge < -0.3 is 5.11 Å². The van der Waals surface area contributed by atoms with Crippen LogP contribution in [-0.2, 0) is 4.79 Å². The molecule has 0 aromatic heterocycles. The lowest BCUT2D eigenvalue weighted by Gasteiger charge is -2.22. The molecule has 0 heterocycles. The number of halogens is 3. The standard InChI is InChI=1S/C10H13F3O2/c11-10(12,13)8-4-2-1-3-7(8)5-6-9(14)15/h1-6H2,(H,14,15). The van der Waals surface area contributed by atoms with Crippen LogP contribution in [0.5, 0.6) is 0 Å². The molecule has 0 amide bonds. The van der Waals surface area contributed by atoms with Crippen LogP contribution in [0.1, 0.15) is 38.5 Å². The van der Waals surface area contributed by atoms with Gasteiger partial charge in [-0.3, -0.25) is 4.79 Å². The van der Waals surface area contributed by atoms with Crippen molar-refractivity contribution in [1.29, 1.82) is 0 Å². The first-order chi connectivity index (χ1) is 6.91. The van der Waals surface area contributed by atoms with Crippen LogP contribution >= 0.6 is 0 Å². The molecule has 0 radical (unpaired) electrons. The van der Waals surface area contributed by atoms with E-state index in [2.05, 4.69) is 0 Å². The number of hydrogen-bond acceptors (Lipinski definition) is 1. The third-order valence-corrected chi connectivity index (χ3v) is 2.56. The van der Waals surface area contributed by atoms with Crippen molar-refractivity contribution in [3.8, 4) is 0 Å². The van der Waals surface area contributed by atoms with Crippen molar-refractivity contribution in [3.63, 3.8) is 0 Å². The summed E-state index contributed by atoms with van der Waals surface area (Å²) in [5, 5.41) is 8.43. The molecule has 0 aromatic carbocycles. The molecule has 1 aliphatic carbocycles. The average molecular weight is 222 g/mol. The Morgan fingerprint density at radius 2 is 1.87 bits per heavy atom. The summed E-state index contributed by atoms with van der Waals surface area (Å²) in [5.74, 6) is -1.05. The van der Waals surface area contributed by atoms with Gasteiger partial charge in [-0.1, -0.05) is 5.57 Å². The van der Waals surface area contributed by atoms with Gasteiger partial charge in [0.15, 0.2) is 0 Å². The molecule has 0 saturated carbocycles. The van der Waals surface area contributed by atoms with Crippen LogP contribution in [-0.4, -0.2) is 17.3 Å². The Balaban J connectivity index is 2.77. The second kappa shape index (κ2) is 4.68. The van der Waals surface area contributed by atoms with Gasteiger partial charge in [0, 0.05) is 12.0 Å². The molecule has 2 nitrogen and oxygen atoms in total. The summed E-state index contributed by atoms with van der Waals surface area (Å²) in [7, 11) is 0. The highest BCUT2D eigenvalue weighted by molar-refractivity contribution is 5.67. The van der Waals surface area contributed by atoms with E-state index in [1.165, 1.54) is 0 Å². The molecule has 1 N–H and O–H groups in total. The molecule has 0 fully saturated rings. The molecule has 0 unspecified atom stereocenters. The first-order valence-corrected chi connectivity index (χ1v) is 4.91. The number of rotatable bonds is 3. The predicted molar refractivity (Wildman–Crippen MR) is 48.4 cm³/mol. The molecule has 1 aliphatic rings. The van der Waals surface area contributed by atoms with Gasteiger partial charge in [0.25, 0.3) is 0 Å². The quantitative estimate of drug-likeness (QED) is 0.744. The topological polar surface area (TPSA) is 37.3 Å². The van der Waals surface area contributed by atoms with E-state index in [0.717, 1.165) is 6.42 Å². The maximum atomic E-state index is 12.5. The zero-order chi connectivity index (χ0) is 11.5. The highest BCUT2D eigenvalue weighted by Crippen LogP contribution is 2.38. The molecular formula is C10H13F3O2. The molecule has 0 atom stereocenters. The molecule has 15 heavy (non-hydrogen) atoms. The van der Waals surface area contributed by atoms with Crippen LogP contribution in [0.4, 0.5) is 13.2 Å². The number of carboxylic acids is 1. The van der Waals surface area contributed by atoms with E-state index in [4.69, 9.17) is 5.11 Å². The maximum absolute atomic E-state index is 12.5. The normalized spacial score (nSPS) is 18.1. The van der Waals surface area contributed by atoms with Crippen molar-refractivity contribution >= 4 is 5.97 Å². The summed E-state index contributed by atoms with van der Waals surface area (Å²) in [5.41, 5.74) is -0.203. The summed E-state index contributed by atoms with van der Waals surface area (Å²) in [6.45, 7) is 0. The maximum Gasteiger partial charge on any atom is 0.412 e. The van der Waals surface area contributed by atoms with Gasteiger partial charge in [-0.2, -0.15) is 13.2 Å². The minimum absolute atomic E-state index is 0.0319. The summed E-state index contributed by atoms with van der Waals surface area (Å²) < 4.78 is 37.5. The Morgan fingerprint density at radius 1 is 1.27 bits per heavy atom. The van der Waals surface area contributed by atoms with E-state index in [-0.39, 0.29) is 24.8 Å². The third-order valence-electron chi connectivity index (χ3n) is 2.56. The fourth-order valence-electron chi connectivity index (χ4n) is 1.84. The van der Waals surface area contributed by atoms with Gasteiger partial charge in [0.2, 0.25) is 0 Å². The fraction of sp³-hybridized carbons (Fsp3) is 0.700. The molecular weight excluding hydrogens is 209 g/mol. The van der Waals surface area contributed by atoms with E-state index in [9.17, 15) is 18.0 Å². The Hall–Kier alpha value is -1.00. The molecule has 86 valence electrons. The highest BCUT2D eigenvalue weighted by Gasteiger charge is 2.36. The van der Waals surface area contributed by atoms with Gasteiger partial charge in [-0.15, -0.1) is 0 Å². The zero-order valence-corrected chi connectivity index (χ0v) is 8.23. The second-order valence-corrected chi connectivity index (χ2v) is 3.68. The van der Waals surface area contributed by atoms with Gasteiger partial charge in [-0.05, 0) is 32.1 Å². The molecule has 0 spiro atoms. The van der Waals surface area contributed by atoms with E-state index < -0.39 is 17.7 Å². The third kappa shape index (κ3) is 3.57. The largest absolute Gasteiger partial charge is 0.481 e. The van der Waals surface area contributed by atoms with E-state index in [0.29, 0.717) is 12.8 Å². The Morgan fingerprint density at radius 3 is 2.40 bits per heavy atom. The van der Waals surface area contributed by atoms with Crippen molar-refractivity contribution in [2.75, 3.05) is 0 Å². The van der Waals surface area contributed by atoms with Crippen molar-refractivity contribution in [1.82, 2.24) is 0 Å². The van der Waals surface area contributed by atoms with Crippen LogP contribution < -0.4 is 0 Å². The predicted octanol–water partition coefficient (Wildman–Crippen LogP) is 3.28. The van der Waals surface area contributed by atoms with Crippen LogP contribution in [0.2, 0.25) is 0 Å². The number of carbonyl (C=O) groups is 1. The Bertz CT molecular complexity index is 279. The van der Waals surface area contributed by atoms with Gasteiger partial charge in [-0.25, -0.2) is 0 Å². The molecule has 5 heteroatoms. The summed E-state index contributed by atoms with van der Waals surface area (Å²) in [6.07, 6.45) is -2.76. The van der Waals surface area contributed by atoms with E-state index in [1.807, 2.05) is 0 Å². The summed E-state index contributed by atoms with van der Waals surface area (Å²) in [6, 6.07) is 0. The van der Waals surface area contributed by atoms with Crippen LogP contribution in [0.3, 0.4) is 0 Å². The lowest BCUT2D eigenvalue weighted by atomic mass is 9.89. The van der Waals surface area contributed by atoms with Gasteiger partial charge in [0.05, 0.1) is 0 Å². The first kappa shape index (κ1) is 12.1. The molecule has 0 bridgehead atoms. The highest BCUT2D eigenvalue weighted by atomic mass is 19.4. The number of alkyl halides is 3. The number of allylic oxidation sites excluding steroid dienone is 2. The molecule has 0 saturated heterocycles. The summed E-state index contributed by atoms with van der Waals surface area (Å²) in [4.78, 5) is 10.3. The van der Waals surface area contributed by atoms with Crippen molar-refractivity contribution < 1.29 is 23.1 Å². The van der Waals surface area contributed by atoms with Crippen molar-refractivity contribution in [3.05, 3.63) is 11.1 Å². The Kier molecular flexibility index (Phi) is 3.77. The van der Waals surface area contributed by atoms with Gasteiger partial charge >= 0.3 is 12.1 Å². The van der Waals surface area contributed by atoms with Crippen molar-refractivity contribution in [2.24, 2.45) is 0 Å². The minimum atomic E-state index is -4.28. The minimum Gasteiger partial charge on any atom is -0.481 e. The summed E-state index contributed by atoms with van der Waals surface area (Å²) >= 11 is 0. The fourth-order valence-corrected chi connectivity index (χ4v) is 1.84. The zero-order valence-electron chi connectivity index (χ0n) is 8.23. The number of hydrogen-bond donors (Lipinski definition) is 1. The van der Waals surface area contributed by atoms with Crippen LogP contribution in [0.15, 0.2) is 11.1 Å². The van der Waals surface area contributed by atoms with Crippen LogP contribution in [0, 0.1) is 0 Å². The molecule has 0 aromatic rings. The first-order valence-electron chi connectivity index (χ1n) is 4.91. The monoisotopic (exact) mass is 222 g/mol. The molecule has 0 aliphatic heterocycles. The van der Waals surface area contributed by atoms with E-state index >= 15 is 0 Å². The van der Waals surface area contributed by atoms with Crippen LogP contribution in [0.25, 0.3) is 0 Å². The molecule has 1 rings (SSSR count). The second-order valence-electron chi connectivity index (χ2n) is 3.68. The van der Waals surface area contributed by atoms with Crippen molar-refractivity contribution in [2.45, 2.75) is 44.7 Å². The van der Waals surface area contributed by atoms with Gasteiger partial charge in [0.1, 0.15) is 0 Å². The smallest absolute Gasteiger partial charge is 0.412 e. The SMILES string of the molecule is O=C(O)CCC1=C(C(F)(F)F)CCCC1. The number of aliphatic carboxylic acids is 1. The number of carboxylic acid groups (broad SMARTS) is 1. The lowest BCUT2D eigenvalue weighted by Crippen LogP contribution is -2.17. The lowest BCUT2D eigenvalue weighted by molar-refractivity contribution is -0.137.